The lowest BCUT2D eigenvalue weighted by Gasteiger charge is -2.33. The molecule has 3 rings (SSSR count). The van der Waals surface area contributed by atoms with Gasteiger partial charge in [0.25, 0.3) is 0 Å². The minimum Gasteiger partial charge on any atom is -0.351 e. The SMILES string of the molecule is CC(C)c1noc(C2CCCCN2CCC(=O)NCc2cccs2)n1. The van der Waals surface area contributed by atoms with Crippen LogP contribution in [0.25, 0.3) is 0 Å². The third kappa shape index (κ3) is 4.89. The van der Waals surface area contributed by atoms with Crippen LogP contribution in [0.15, 0.2) is 22.0 Å². The molecule has 0 spiro atoms. The van der Waals surface area contributed by atoms with Gasteiger partial charge in [-0.05, 0) is 30.8 Å². The second kappa shape index (κ2) is 8.58. The van der Waals surface area contributed by atoms with Crippen LogP contribution in [0, 0.1) is 0 Å². The van der Waals surface area contributed by atoms with Crippen LogP contribution < -0.4 is 5.32 Å². The molecule has 1 amide bonds. The Labute approximate surface area is 152 Å². The molecule has 6 nitrogen and oxygen atoms in total. The van der Waals surface area contributed by atoms with Crippen LogP contribution in [0.3, 0.4) is 0 Å². The highest BCUT2D eigenvalue weighted by Crippen LogP contribution is 2.30. The largest absolute Gasteiger partial charge is 0.351 e. The maximum Gasteiger partial charge on any atom is 0.244 e. The second-order valence-corrected chi connectivity index (χ2v) is 7.83. The molecular weight excluding hydrogens is 336 g/mol. The molecule has 1 unspecified atom stereocenters. The van der Waals surface area contributed by atoms with Crippen molar-refractivity contribution in [2.24, 2.45) is 0 Å². The predicted octanol–water partition coefficient (Wildman–Crippen LogP) is 3.49. The second-order valence-electron chi connectivity index (χ2n) is 6.80. The lowest BCUT2D eigenvalue weighted by molar-refractivity contribution is -0.121. The van der Waals surface area contributed by atoms with Gasteiger partial charge in [0.05, 0.1) is 12.6 Å². The van der Waals surface area contributed by atoms with Crippen LogP contribution in [0.4, 0.5) is 0 Å². The molecule has 7 heteroatoms. The molecule has 0 aromatic carbocycles. The number of rotatable bonds is 7. The number of carbonyl (C=O) groups is 1. The Hall–Kier alpha value is -1.73. The molecule has 2 aromatic rings. The molecule has 1 fully saturated rings. The fraction of sp³-hybridized carbons (Fsp3) is 0.611. The third-order valence-corrected chi connectivity index (χ3v) is 5.41. The quantitative estimate of drug-likeness (QED) is 0.816. The minimum atomic E-state index is 0.0890. The van der Waals surface area contributed by atoms with Crippen molar-refractivity contribution in [1.82, 2.24) is 20.4 Å². The first-order valence-electron chi connectivity index (χ1n) is 9.00. The summed E-state index contributed by atoms with van der Waals surface area (Å²) in [6, 6.07) is 4.17. The Morgan fingerprint density at radius 1 is 1.48 bits per heavy atom. The first-order chi connectivity index (χ1) is 12.1. The number of likely N-dealkylation sites (tertiary alicyclic amines) is 1. The van der Waals surface area contributed by atoms with E-state index in [0.29, 0.717) is 18.9 Å². The van der Waals surface area contributed by atoms with Gasteiger partial charge in [-0.1, -0.05) is 31.5 Å². The summed E-state index contributed by atoms with van der Waals surface area (Å²) in [5, 5.41) is 9.10. The molecule has 1 aliphatic rings. The van der Waals surface area contributed by atoms with Gasteiger partial charge >= 0.3 is 0 Å². The lowest BCUT2D eigenvalue weighted by atomic mass is 10.0. The van der Waals surface area contributed by atoms with Crippen molar-refractivity contribution in [1.29, 1.82) is 0 Å². The average Bonchev–Trinajstić information content (AvgIpc) is 3.30. The number of nitrogens with zero attached hydrogens (tertiary/aromatic N) is 3. The van der Waals surface area contributed by atoms with Crippen LogP contribution in [0.5, 0.6) is 0 Å². The van der Waals surface area contributed by atoms with E-state index in [9.17, 15) is 4.79 Å². The van der Waals surface area contributed by atoms with E-state index in [1.54, 1.807) is 11.3 Å². The number of hydrogen-bond donors (Lipinski definition) is 1. The molecule has 0 bridgehead atoms. The normalized spacial score (nSPS) is 18.6. The zero-order valence-corrected chi connectivity index (χ0v) is 15.7. The first-order valence-corrected chi connectivity index (χ1v) is 9.88. The van der Waals surface area contributed by atoms with E-state index in [1.165, 1.54) is 4.88 Å². The first kappa shape index (κ1) is 18.1. The highest BCUT2D eigenvalue weighted by molar-refractivity contribution is 7.09. The molecule has 2 aromatic heterocycles. The molecule has 1 atom stereocenters. The number of piperidine rings is 1. The van der Waals surface area contributed by atoms with Gasteiger partial charge in [0.15, 0.2) is 5.82 Å². The number of amides is 1. The van der Waals surface area contributed by atoms with Gasteiger partial charge < -0.3 is 9.84 Å². The van der Waals surface area contributed by atoms with Gasteiger partial charge in [-0.15, -0.1) is 11.3 Å². The fourth-order valence-electron chi connectivity index (χ4n) is 3.09. The van der Waals surface area contributed by atoms with Gasteiger partial charge in [-0.2, -0.15) is 4.98 Å². The van der Waals surface area contributed by atoms with Crippen LogP contribution >= 0.6 is 11.3 Å². The standard InChI is InChI=1S/C18H26N4O2S/c1-13(2)17-20-18(24-21-17)15-7-3-4-9-22(15)10-8-16(23)19-12-14-6-5-11-25-14/h5-6,11,13,15H,3-4,7-10,12H2,1-2H3,(H,19,23). The molecule has 0 aliphatic carbocycles. The van der Waals surface area contributed by atoms with Gasteiger partial charge in [0, 0.05) is 23.8 Å². The fourth-order valence-corrected chi connectivity index (χ4v) is 3.73. The van der Waals surface area contributed by atoms with Crippen molar-refractivity contribution < 1.29 is 9.32 Å². The molecule has 3 heterocycles. The van der Waals surface area contributed by atoms with Crippen molar-refractivity contribution in [2.45, 2.75) is 58.0 Å². The summed E-state index contributed by atoms with van der Waals surface area (Å²) in [5.41, 5.74) is 0. The summed E-state index contributed by atoms with van der Waals surface area (Å²) in [5.74, 6) is 1.81. The highest BCUT2D eigenvalue weighted by Gasteiger charge is 2.29. The molecule has 25 heavy (non-hydrogen) atoms. The van der Waals surface area contributed by atoms with E-state index in [1.807, 2.05) is 17.5 Å². The predicted molar refractivity (Wildman–Crippen MR) is 97.3 cm³/mol. The minimum absolute atomic E-state index is 0.0890. The van der Waals surface area contributed by atoms with Gasteiger partial charge in [-0.25, -0.2) is 0 Å². The van der Waals surface area contributed by atoms with E-state index in [4.69, 9.17) is 4.52 Å². The topological polar surface area (TPSA) is 71.3 Å². The van der Waals surface area contributed by atoms with Crippen LogP contribution in [-0.4, -0.2) is 34.0 Å². The molecule has 136 valence electrons. The Morgan fingerprint density at radius 2 is 2.36 bits per heavy atom. The summed E-state index contributed by atoms with van der Waals surface area (Å²) in [6.45, 7) is 6.43. The molecule has 1 aliphatic heterocycles. The van der Waals surface area contributed by atoms with E-state index < -0.39 is 0 Å². The maximum absolute atomic E-state index is 12.1. The number of hydrogen-bond acceptors (Lipinski definition) is 6. The zero-order chi connectivity index (χ0) is 17.6. The molecule has 0 saturated carbocycles. The summed E-state index contributed by atoms with van der Waals surface area (Å²) >= 11 is 1.66. The summed E-state index contributed by atoms with van der Waals surface area (Å²) in [7, 11) is 0. The molecule has 1 saturated heterocycles. The maximum atomic E-state index is 12.1. The number of nitrogens with one attached hydrogen (secondary N) is 1. The Bertz CT molecular complexity index is 668. The van der Waals surface area contributed by atoms with E-state index in [-0.39, 0.29) is 17.9 Å². The number of aromatic nitrogens is 2. The Kier molecular flexibility index (Phi) is 6.20. The van der Waals surface area contributed by atoms with Crippen molar-refractivity contribution in [2.75, 3.05) is 13.1 Å². The molecular formula is C18H26N4O2S. The number of thiophene rings is 1. The summed E-state index contributed by atoms with van der Waals surface area (Å²) < 4.78 is 5.50. The monoisotopic (exact) mass is 362 g/mol. The van der Waals surface area contributed by atoms with Crippen molar-refractivity contribution >= 4 is 17.2 Å². The van der Waals surface area contributed by atoms with Crippen LogP contribution in [-0.2, 0) is 11.3 Å². The van der Waals surface area contributed by atoms with Crippen molar-refractivity contribution in [3.05, 3.63) is 34.1 Å². The van der Waals surface area contributed by atoms with Crippen molar-refractivity contribution in [3.8, 4) is 0 Å². The zero-order valence-electron chi connectivity index (χ0n) is 14.9. The van der Waals surface area contributed by atoms with E-state index in [0.717, 1.165) is 38.2 Å². The summed E-state index contributed by atoms with van der Waals surface area (Å²) in [6.07, 6.45) is 3.81. The van der Waals surface area contributed by atoms with Gasteiger partial charge in [-0.3, -0.25) is 9.69 Å². The highest BCUT2D eigenvalue weighted by atomic mass is 32.1. The van der Waals surface area contributed by atoms with Crippen LogP contribution in [0.2, 0.25) is 0 Å². The number of carbonyl (C=O) groups excluding carboxylic acids is 1. The lowest BCUT2D eigenvalue weighted by Crippen LogP contribution is -2.36. The molecule has 0 radical (unpaired) electrons. The third-order valence-electron chi connectivity index (χ3n) is 4.54. The van der Waals surface area contributed by atoms with Crippen molar-refractivity contribution in [3.63, 3.8) is 0 Å². The smallest absolute Gasteiger partial charge is 0.244 e. The van der Waals surface area contributed by atoms with Gasteiger partial charge in [0.1, 0.15) is 0 Å². The Morgan fingerprint density at radius 3 is 3.08 bits per heavy atom. The average molecular weight is 362 g/mol. The van der Waals surface area contributed by atoms with E-state index in [2.05, 4.69) is 34.2 Å². The van der Waals surface area contributed by atoms with Crippen LogP contribution in [0.1, 0.15) is 68.1 Å². The summed E-state index contributed by atoms with van der Waals surface area (Å²) in [4.78, 5) is 20.2. The Balaban J connectivity index is 1.52. The van der Waals surface area contributed by atoms with Gasteiger partial charge in [0.2, 0.25) is 11.8 Å². The van der Waals surface area contributed by atoms with E-state index >= 15 is 0 Å². The molecule has 1 N–H and O–H groups in total.